The molecule has 1 unspecified atom stereocenters. The molecule has 1 aliphatic rings. The average Bonchev–Trinajstić information content (AvgIpc) is 2.48. The van der Waals surface area contributed by atoms with E-state index in [9.17, 15) is 0 Å². The molecule has 106 valence electrons. The summed E-state index contributed by atoms with van der Waals surface area (Å²) in [5.74, 6) is 0. The number of hydrogen-bond acceptors (Lipinski definition) is 3. The molecule has 19 heavy (non-hydrogen) atoms. The van der Waals surface area contributed by atoms with E-state index in [2.05, 4.69) is 41.2 Å². The Morgan fingerprint density at radius 3 is 3.05 bits per heavy atom. The highest BCUT2D eigenvalue weighted by Crippen LogP contribution is 2.26. The van der Waals surface area contributed by atoms with Crippen LogP contribution in [0.5, 0.6) is 0 Å². The third-order valence-electron chi connectivity index (χ3n) is 3.96. The van der Waals surface area contributed by atoms with Gasteiger partial charge in [-0.2, -0.15) is 0 Å². The Kier molecular flexibility index (Phi) is 5.64. The van der Waals surface area contributed by atoms with Crippen LogP contribution in [-0.2, 0) is 6.54 Å². The lowest BCUT2D eigenvalue weighted by Gasteiger charge is -2.37. The zero-order valence-electron chi connectivity index (χ0n) is 12.4. The second-order valence-corrected chi connectivity index (χ2v) is 5.43. The Bertz CT molecular complexity index is 378. The second-order valence-electron chi connectivity index (χ2n) is 5.43. The van der Waals surface area contributed by atoms with E-state index in [1.165, 1.54) is 44.3 Å². The Morgan fingerprint density at radius 1 is 1.37 bits per heavy atom. The van der Waals surface area contributed by atoms with Gasteiger partial charge in [0.05, 0.1) is 5.69 Å². The van der Waals surface area contributed by atoms with Crippen molar-refractivity contribution in [1.29, 1.82) is 0 Å². The molecule has 0 radical (unpaired) electrons. The van der Waals surface area contributed by atoms with Crippen molar-refractivity contribution in [3.05, 3.63) is 24.0 Å². The molecule has 0 bridgehead atoms. The minimum atomic E-state index is 0.715. The number of pyridine rings is 1. The molecule has 1 atom stereocenters. The van der Waals surface area contributed by atoms with Crippen molar-refractivity contribution in [3.8, 4) is 0 Å². The summed E-state index contributed by atoms with van der Waals surface area (Å²) in [6.07, 6.45) is 8.41. The minimum absolute atomic E-state index is 0.715. The Balaban J connectivity index is 2.04. The molecule has 3 nitrogen and oxygen atoms in total. The minimum Gasteiger partial charge on any atom is -0.368 e. The molecule has 1 saturated heterocycles. The molecule has 1 N–H and O–H groups in total. The fourth-order valence-corrected chi connectivity index (χ4v) is 2.90. The van der Waals surface area contributed by atoms with Crippen LogP contribution in [0, 0.1) is 0 Å². The summed E-state index contributed by atoms with van der Waals surface area (Å²) in [5, 5.41) is 3.43. The molecule has 1 aromatic heterocycles. The molecule has 3 heteroatoms. The third kappa shape index (κ3) is 3.93. The Labute approximate surface area is 117 Å². The molecular weight excluding hydrogens is 234 g/mol. The van der Waals surface area contributed by atoms with Crippen LogP contribution in [0.4, 0.5) is 5.69 Å². The van der Waals surface area contributed by atoms with E-state index >= 15 is 0 Å². The summed E-state index contributed by atoms with van der Waals surface area (Å²) in [4.78, 5) is 7.05. The number of piperidine rings is 1. The van der Waals surface area contributed by atoms with Crippen LogP contribution in [-0.4, -0.2) is 24.1 Å². The van der Waals surface area contributed by atoms with Gasteiger partial charge in [0.15, 0.2) is 0 Å². The Hall–Kier alpha value is -1.09. The van der Waals surface area contributed by atoms with Gasteiger partial charge < -0.3 is 10.2 Å². The molecule has 2 rings (SSSR count). The van der Waals surface area contributed by atoms with Gasteiger partial charge in [-0.3, -0.25) is 4.98 Å². The number of nitrogens with one attached hydrogen (secondary N) is 1. The van der Waals surface area contributed by atoms with Crippen LogP contribution in [0.2, 0.25) is 0 Å². The van der Waals surface area contributed by atoms with Crippen molar-refractivity contribution >= 4 is 5.69 Å². The maximum absolute atomic E-state index is 4.47. The monoisotopic (exact) mass is 261 g/mol. The van der Waals surface area contributed by atoms with Gasteiger partial charge in [-0.1, -0.05) is 13.8 Å². The van der Waals surface area contributed by atoms with Crippen LogP contribution < -0.4 is 10.2 Å². The van der Waals surface area contributed by atoms with Gasteiger partial charge in [0.2, 0.25) is 0 Å². The zero-order valence-corrected chi connectivity index (χ0v) is 12.4. The molecular formula is C16H27N3. The highest BCUT2D eigenvalue weighted by molar-refractivity contribution is 5.48. The summed E-state index contributed by atoms with van der Waals surface area (Å²) in [5.41, 5.74) is 2.52. The molecule has 1 aliphatic heterocycles. The molecule has 1 fully saturated rings. The highest BCUT2D eigenvalue weighted by atomic mass is 15.2. The van der Waals surface area contributed by atoms with Crippen molar-refractivity contribution in [3.63, 3.8) is 0 Å². The predicted molar refractivity (Wildman–Crippen MR) is 81.5 cm³/mol. The fourth-order valence-electron chi connectivity index (χ4n) is 2.90. The maximum atomic E-state index is 4.47. The normalized spacial score (nSPS) is 19.7. The van der Waals surface area contributed by atoms with Gasteiger partial charge in [-0.25, -0.2) is 0 Å². The van der Waals surface area contributed by atoms with Crippen molar-refractivity contribution < 1.29 is 0 Å². The van der Waals surface area contributed by atoms with Gasteiger partial charge in [0, 0.05) is 31.0 Å². The van der Waals surface area contributed by atoms with Crippen molar-refractivity contribution in [2.45, 2.75) is 58.5 Å². The lowest BCUT2D eigenvalue weighted by molar-refractivity contribution is 0.449. The van der Waals surface area contributed by atoms with E-state index in [0.717, 1.165) is 18.8 Å². The van der Waals surface area contributed by atoms with E-state index < -0.39 is 0 Å². The SMILES string of the molecule is CCCNCc1cc(N2CCCCC2CC)ccn1. The van der Waals surface area contributed by atoms with Crippen molar-refractivity contribution in [1.82, 2.24) is 10.3 Å². The quantitative estimate of drug-likeness (QED) is 0.796. The topological polar surface area (TPSA) is 28.2 Å². The van der Waals surface area contributed by atoms with E-state index in [1.54, 1.807) is 0 Å². The predicted octanol–water partition coefficient (Wildman–Crippen LogP) is 3.35. The second kappa shape index (κ2) is 7.49. The van der Waals surface area contributed by atoms with E-state index in [4.69, 9.17) is 0 Å². The average molecular weight is 261 g/mol. The molecule has 2 heterocycles. The van der Waals surface area contributed by atoms with Crippen molar-refractivity contribution in [2.75, 3.05) is 18.0 Å². The molecule has 0 amide bonds. The van der Waals surface area contributed by atoms with Gasteiger partial charge in [0.25, 0.3) is 0 Å². The largest absolute Gasteiger partial charge is 0.368 e. The molecule has 0 aliphatic carbocycles. The lowest BCUT2D eigenvalue weighted by Crippen LogP contribution is -2.39. The van der Waals surface area contributed by atoms with Crippen molar-refractivity contribution in [2.24, 2.45) is 0 Å². The van der Waals surface area contributed by atoms with Crippen LogP contribution in [0.15, 0.2) is 18.3 Å². The number of nitrogens with zero attached hydrogens (tertiary/aromatic N) is 2. The van der Waals surface area contributed by atoms with E-state index in [-0.39, 0.29) is 0 Å². The first-order valence-corrected chi connectivity index (χ1v) is 7.77. The summed E-state index contributed by atoms with van der Waals surface area (Å²) in [7, 11) is 0. The van der Waals surface area contributed by atoms with Crippen LogP contribution in [0.1, 0.15) is 51.6 Å². The zero-order chi connectivity index (χ0) is 13.5. The molecule has 1 aromatic rings. The highest BCUT2D eigenvalue weighted by Gasteiger charge is 2.21. The molecule has 0 aromatic carbocycles. The standard InChI is InChI=1S/C16H27N3/c1-3-9-17-13-14-12-16(8-10-18-14)19-11-6-5-7-15(19)4-2/h8,10,12,15,17H,3-7,9,11,13H2,1-2H3. The van der Waals surface area contributed by atoms with Gasteiger partial charge in [-0.15, -0.1) is 0 Å². The Morgan fingerprint density at radius 2 is 2.26 bits per heavy atom. The first-order chi connectivity index (χ1) is 9.35. The van der Waals surface area contributed by atoms with E-state index in [1.807, 2.05) is 6.20 Å². The fraction of sp³-hybridized carbons (Fsp3) is 0.688. The van der Waals surface area contributed by atoms with Crippen LogP contribution in [0.25, 0.3) is 0 Å². The number of aromatic nitrogens is 1. The first-order valence-electron chi connectivity index (χ1n) is 7.77. The summed E-state index contributed by atoms with van der Waals surface area (Å²) >= 11 is 0. The van der Waals surface area contributed by atoms with Crippen LogP contribution in [0.3, 0.4) is 0 Å². The number of anilines is 1. The maximum Gasteiger partial charge on any atom is 0.0562 e. The lowest BCUT2D eigenvalue weighted by atomic mass is 9.99. The number of hydrogen-bond donors (Lipinski definition) is 1. The third-order valence-corrected chi connectivity index (χ3v) is 3.96. The molecule has 0 spiro atoms. The van der Waals surface area contributed by atoms with Gasteiger partial charge >= 0.3 is 0 Å². The van der Waals surface area contributed by atoms with Gasteiger partial charge in [-0.05, 0) is 50.8 Å². The smallest absolute Gasteiger partial charge is 0.0562 e. The summed E-state index contributed by atoms with van der Waals surface area (Å²) in [6.45, 7) is 7.63. The first kappa shape index (κ1) is 14.3. The van der Waals surface area contributed by atoms with E-state index in [0.29, 0.717) is 6.04 Å². The summed E-state index contributed by atoms with van der Waals surface area (Å²) in [6, 6.07) is 5.14. The van der Waals surface area contributed by atoms with Crippen LogP contribution >= 0.6 is 0 Å². The molecule has 0 saturated carbocycles. The van der Waals surface area contributed by atoms with Gasteiger partial charge in [0.1, 0.15) is 0 Å². The number of rotatable bonds is 6. The summed E-state index contributed by atoms with van der Waals surface area (Å²) < 4.78 is 0.